The Morgan fingerprint density at radius 1 is 1.10 bits per heavy atom. The summed E-state index contributed by atoms with van der Waals surface area (Å²) >= 11 is 0. The highest BCUT2D eigenvalue weighted by atomic mass is 16.5. The fraction of sp³-hybridized carbons (Fsp3) is 0.176. The average molecular weight is 277 g/mol. The summed E-state index contributed by atoms with van der Waals surface area (Å²) in [4.78, 5) is 9.04. The zero-order chi connectivity index (χ0) is 14.1. The van der Waals surface area contributed by atoms with E-state index in [9.17, 15) is 0 Å². The first-order valence-electron chi connectivity index (χ1n) is 7.09. The molecular weight excluding hydrogens is 262 g/mol. The summed E-state index contributed by atoms with van der Waals surface area (Å²) < 4.78 is 5.51. The van der Waals surface area contributed by atoms with E-state index in [-0.39, 0.29) is 0 Å². The molecule has 1 aromatic heterocycles. The molecular formula is C17H15N3O. The van der Waals surface area contributed by atoms with Gasteiger partial charge in [0.25, 0.3) is 0 Å². The van der Waals surface area contributed by atoms with Crippen molar-refractivity contribution in [2.75, 3.05) is 11.9 Å². The van der Waals surface area contributed by atoms with E-state index in [0.717, 1.165) is 41.2 Å². The van der Waals surface area contributed by atoms with Crippen LogP contribution in [0.3, 0.4) is 0 Å². The number of nitrogens with zero attached hydrogens (tertiary/aromatic N) is 2. The first-order chi connectivity index (χ1) is 10.4. The molecule has 2 aromatic carbocycles. The number of rotatable bonds is 3. The van der Waals surface area contributed by atoms with Gasteiger partial charge in [-0.25, -0.2) is 4.98 Å². The summed E-state index contributed by atoms with van der Waals surface area (Å²) in [6.07, 6.45) is 2.81. The molecule has 0 saturated carbocycles. The van der Waals surface area contributed by atoms with Crippen LogP contribution in [0.1, 0.15) is 11.3 Å². The van der Waals surface area contributed by atoms with E-state index in [1.54, 1.807) is 0 Å². The van der Waals surface area contributed by atoms with Crippen molar-refractivity contribution in [2.24, 2.45) is 0 Å². The summed E-state index contributed by atoms with van der Waals surface area (Å²) in [6.45, 7) is 1.45. The third kappa shape index (κ3) is 2.40. The Morgan fingerprint density at radius 3 is 2.95 bits per heavy atom. The Bertz CT molecular complexity index is 801. The first-order valence-corrected chi connectivity index (χ1v) is 7.09. The Hall–Kier alpha value is -2.62. The van der Waals surface area contributed by atoms with Crippen molar-refractivity contribution in [3.05, 3.63) is 59.9 Å². The molecule has 0 amide bonds. The van der Waals surface area contributed by atoms with Crippen LogP contribution in [0.15, 0.2) is 48.7 Å². The number of benzene rings is 2. The summed E-state index contributed by atoms with van der Waals surface area (Å²) in [6, 6.07) is 14.1. The predicted octanol–water partition coefficient (Wildman–Crippen LogP) is 3.18. The standard InChI is InChI=1S/C17H15N3O/c1-2-4-16-15(3-1)19-11-14(20-16)10-18-13-5-6-17-12(9-13)7-8-21-17/h1-6,9,11,18H,7-8,10H2. The summed E-state index contributed by atoms with van der Waals surface area (Å²) in [7, 11) is 0. The van der Waals surface area contributed by atoms with Crippen LogP contribution in [0.25, 0.3) is 11.0 Å². The van der Waals surface area contributed by atoms with Crippen LogP contribution in [0, 0.1) is 0 Å². The maximum Gasteiger partial charge on any atom is 0.122 e. The van der Waals surface area contributed by atoms with E-state index in [4.69, 9.17) is 4.74 Å². The van der Waals surface area contributed by atoms with Gasteiger partial charge in [-0.3, -0.25) is 4.98 Å². The predicted molar refractivity (Wildman–Crippen MR) is 82.5 cm³/mol. The van der Waals surface area contributed by atoms with Gasteiger partial charge in [0.05, 0.1) is 36.1 Å². The summed E-state index contributed by atoms with van der Waals surface area (Å²) in [5.74, 6) is 1.01. The maximum absolute atomic E-state index is 5.51. The van der Waals surface area contributed by atoms with Crippen molar-refractivity contribution in [1.29, 1.82) is 0 Å². The quantitative estimate of drug-likeness (QED) is 0.798. The van der Waals surface area contributed by atoms with Crippen molar-refractivity contribution >= 4 is 16.7 Å². The molecule has 1 aliphatic rings. The zero-order valence-corrected chi connectivity index (χ0v) is 11.5. The molecule has 0 atom stereocenters. The second-order valence-corrected chi connectivity index (χ2v) is 5.12. The summed E-state index contributed by atoms with van der Waals surface area (Å²) in [5, 5.41) is 3.40. The van der Waals surface area contributed by atoms with Crippen LogP contribution >= 0.6 is 0 Å². The second kappa shape index (κ2) is 5.05. The fourth-order valence-electron chi connectivity index (χ4n) is 2.57. The van der Waals surface area contributed by atoms with Crippen molar-refractivity contribution in [3.63, 3.8) is 0 Å². The van der Waals surface area contributed by atoms with E-state index < -0.39 is 0 Å². The molecule has 21 heavy (non-hydrogen) atoms. The lowest BCUT2D eigenvalue weighted by molar-refractivity contribution is 0.357. The number of hydrogen-bond acceptors (Lipinski definition) is 4. The van der Waals surface area contributed by atoms with Gasteiger partial charge < -0.3 is 10.1 Å². The molecule has 0 spiro atoms. The third-order valence-corrected chi connectivity index (χ3v) is 3.66. The van der Waals surface area contributed by atoms with Gasteiger partial charge in [0.15, 0.2) is 0 Å². The van der Waals surface area contributed by atoms with Crippen molar-refractivity contribution in [2.45, 2.75) is 13.0 Å². The Morgan fingerprint density at radius 2 is 2.00 bits per heavy atom. The molecule has 0 bridgehead atoms. The Kier molecular flexibility index (Phi) is 2.92. The lowest BCUT2D eigenvalue weighted by Crippen LogP contribution is -2.02. The number of fused-ring (bicyclic) bond motifs is 2. The van der Waals surface area contributed by atoms with Gasteiger partial charge >= 0.3 is 0 Å². The molecule has 4 heteroatoms. The number of aromatic nitrogens is 2. The van der Waals surface area contributed by atoms with Gasteiger partial charge in [0.2, 0.25) is 0 Å². The van der Waals surface area contributed by atoms with Gasteiger partial charge in [-0.05, 0) is 35.9 Å². The number of ether oxygens (including phenoxy) is 1. The third-order valence-electron chi connectivity index (χ3n) is 3.66. The molecule has 0 fully saturated rings. The molecule has 3 aromatic rings. The van der Waals surface area contributed by atoms with E-state index in [0.29, 0.717) is 6.54 Å². The SMILES string of the molecule is c1ccc2nc(CNc3ccc4c(c3)CCO4)cnc2c1. The van der Waals surface area contributed by atoms with Gasteiger partial charge in [0.1, 0.15) is 5.75 Å². The zero-order valence-electron chi connectivity index (χ0n) is 11.5. The maximum atomic E-state index is 5.51. The van der Waals surface area contributed by atoms with E-state index >= 15 is 0 Å². The molecule has 0 saturated heterocycles. The van der Waals surface area contributed by atoms with E-state index in [1.807, 2.05) is 42.6 Å². The number of nitrogens with one attached hydrogen (secondary N) is 1. The molecule has 104 valence electrons. The minimum Gasteiger partial charge on any atom is -0.493 e. The van der Waals surface area contributed by atoms with Crippen molar-refractivity contribution in [3.8, 4) is 5.75 Å². The highest BCUT2D eigenvalue weighted by molar-refractivity contribution is 5.73. The molecule has 0 radical (unpaired) electrons. The highest BCUT2D eigenvalue weighted by Gasteiger charge is 2.11. The van der Waals surface area contributed by atoms with Crippen LogP contribution < -0.4 is 10.1 Å². The van der Waals surface area contributed by atoms with Crippen LogP contribution in [-0.4, -0.2) is 16.6 Å². The normalized spacial score (nSPS) is 13.0. The lowest BCUT2D eigenvalue weighted by Gasteiger charge is -2.08. The number of anilines is 1. The van der Waals surface area contributed by atoms with E-state index in [1.165, 1.54) is 5.56 Å². The van der Waals surface area contributed by atoms with Gasteiger partial charge in [0, 0.05) is 12.1 Å². The minimum atomic E-state index is 0.664. The van der Waals surface area contributed by atoms with Crippen molar-refractivity contribution in [1.82, 2.24) is 9.97 Å². The number of hydrogen-bond donors (Lipinski definition) is 1. The van der Waals surface area contributed by atoms with Crippen LogP contribution in [0.2, 0.25) is 0 Å². The van der Waals surface area contributed by atoms with Gasteiger partial charge in [-0.1, -0.05) is 12.1 Å². The smallest absolute Gasteiger partial charge is 0.122 e. The second-order valence-electron chi connectivity index (χ2n) is 5.12. The number of para-hydroxylation sites is 2. The lowest BCUT2D eigenvalue weighted by atomic mass is 10.1. The van der Waals surface area contributed by atoms with Crippen LogP contribution in [-0.2, 0) is 13.0 Å². The molecule has 1 N–H and O–H groups in total. The topological polar surface area (TPSA) is 47.0 Å². The fourth-order valence-corrected chi connectivity index (χ4v) is 2.57. The van der Waals surface area contributed by atoms with Crippen LogP contribution in [0.4, 0.5) is 5.69 Å². The van der Waals surface area contributed by atoms with Crippen LogP contribution in [0.5, 0.6) is 5.75 Å². The molecule has 2 heterocycles. The largest absolute Gasteiger partial charge is 0.493 e. The monoisotopic (exact) mass is 277 g/mol. The average Bonchev–Trinajstić information content (AvgIpc) is 3.00. The molecule has 4 nitrogen and oxygen atoms in total. The minimum absolute atomic E-state index is 0.664. The Labute approximate surface area is 122 Å². The molecule has 0 aliphatic carbocycles. The van der Waals surface area contributed by atoms with Gasteiger partial charge in [-0.15, -0.1) is 0 Å². The van der Waals surface area contributed by atoms with E-state index in [2.05, 4.69) is 21.4 Å². The molecule has 0 unspecified atom stereocenters. The summed E-state index contributed by atoms with van der Waals surface area (Å²) in [5.41, 5.74) is 5.15. The Balaban J connectivity index is 1.52. The highest BCUT2D eigenvalue weighted by Crippen LogP contribution is 2.27. The van der Waals surface area contributed by atoms with Crippen molar-refractivity contribution < 1.29 is 4.74 Å². The molecule has 1 aliphatic heterocycles. The van der Waals surface area contributed by atoms with Gasteiger partial charge in [-0.2, -0.15) is 0 Å². The molecule has 4 rings (SSSR count). The first kappa shape index (κ1) is 12.1.